The number of hydrogen-bond donors (Lipinski definition) is 0. The van der Waals surface area contributed by atoms with Crippen molar-refractivity contribution in [3.63, 3.8) is 0 Å². The Morgan fingerprint density at radius 3 is 2.42 bits per heavy atom. The van der Waals surface area contributed by atoms with Gasteiger partial charge in [-0.2, -0.15) is 0 Å². The Hall–Kier alpha value is -1.21. The van der Waals surface area contributed by atoms with Gasteiger partial charge in [0.2, 0.25) is 0 Å². The molecule has 98 valence electrons. The Labute approximate surface area is 123 Å². The van der Waals surface area contributed by atoms with Crippen LogP contribution < -0.4 is 21.2 Å². The Morgan fingerprint density at radius 2 is 1.79 bits per heavy atom. The van der Waals surface area contributed by atoms with Crippen molar-refractivity contribution in [2.75, 3.05) is 8.86 Å². The van der Waals surface area contributed by atoms with Gasteiger partial charge in [-0.05, 0) is 0 Å². The van der Waals surface area contributed by atoms with Crippen LogP contribution in [-0.2, 0) is 5.41 Å². The van der Waals surface area contributed by atoms with Crippen LogP contribution in [0.4, 0.5) is 0 Å². The van der Waals surface area contributed by atoms with E-state index in [4.69, 9.17) is 10.5 Å². The first kappa shape index (κ1) is 12.8. The second-order valence-corrected chi connectivity index (χ2v) is 8.68. The predicted molar refractivity (Wildman–Crippen MR) is 65.1 cm³/mol. The van der Waals surface area contributed by atoms with E-state index < -0.39 is 0 Å². The normalized spacial score (nSPS) is 30.7. The third-order valence-corrected chi connectivity index (χ3v) is 8.47. The average molecular weight is 365 g/mol. The molecule has 2 heterocycles. The number of aromatic nitrogens is 2. The van der Waals surface area contributed by atoms with Crippen LogP contribution in [0.15, 0.2) is 0 Å². The summed E-state index contributed by atoms with van der Waals surface area (Å²) in [5, 5.41) is 18.3. The molecule has 3 rings (SSSR count). The Morgan fingerprint density at radius 1 is 1.16 bits per heavy atom. The van der Waals surface area contributed by atoms with E-state index in [0.717, 1.165) is 11.4 Å². The Kier molecular flexibility index (Phi) is 2.62. The van der Waals surface area contributed by atoms with Crippen molar-refractivity contribution in [2.45, 2.75) is 32.1 Å². The minimum atomic E-state index is 0.0190. The van der Waals surface area contributed by atoms with Gasteiger partial charge in [-0.15, -0.1) is 0 Å². The van der Waals surface area contributed by atoms with Gasteiger partial charge in [0.25, 0.3) is 0 Å². The summed E-state index contributed by atoms with van der Waals surface area (Å²) >= 11 is 0.165. The van der Waals surface area contributed by atoms with E-state index in [1.54, 1.807) is 0 Å². The van der Waals surface area contributed by atoms with Crippen molar-refractivity contribution < 1.29 is 21.2 Å². The molecule has 4 nitrogen and oxygen atoms in total. The number of fused-ring (bicyclic) bond motifs is 5. The number of alkyl halides is 2. The monoisotopic (exact) mass is 365 g/mol. The first-order valence-corrected chi connectivity index (χ1v) is 9.27. The van der Waals surface area contributed by atoms with Gasteiger partial charge in [-0.3, -0.25) is 0 Å². The molecule has 1 aliphatic carbocycles. The molecule has 1 aromatic heterocycles. The minimum absolute atomic E-state index is 0.0190. The summed E-state index contributed by atoms with van der Waals surface area (Å²) in [6.45, 7) is 6.82. The van der Waals surface area contributed by atoms with Gasteiger partial charge < -0.3 is 0 Å². The fraction of sp³-hybridized carbons (Fsp3) is 0.571. The zero-order valence-electron chi connectivity index (χ0n) is 11.2. The van der Waals surface area contributed by atoms with Gasteiger partial charge in [-0.25, -0.2) is 0 Å². The van der Waals surface area contributed by atoms with Crippen LogP contribution in [0.25, 0.3) is 0 Å². The maximum atomic E-state index is 9.14. The number of halogens is 1. The first-order valence-electron chi connectivity index (χ1n) is 6.22. The van der Waals surface area contributed by atoms with E-state index in [1.165, 1.54) is 8.86 Å². The summed E-state index contributed by atoms with van der Waals surface area (Å²) in [5.41, 5.74) is 2.48. The molecule has 2 bridgehead atoms. The van der Waals surface area contributed by atoms with Crippen molar-refractivity contribution >= 4 is 0 Å². The van der Waals surface area contributed by atoms with E-state index in [2.05, 4.69) is 30.7 Å². The van der Waals surface area contributed by atoms with Gasteiger partial charge >= 0.3 is 123 Å². The van der Waals surface area contributed by atoms with E-state index in [0.29, 0.717) is 5.92 Å². The van der Waals surface area contributed by atoms with E-state index in [-0.39, 0.29) is 43.4 Å². The van der Waals surface area contributed by atoms with Crippen LogP contribution in [0, 0.1) is 28.1 Å². The van der Waals surface area contributed by atoms with Gasteiger partial charge in [0.15, 0.2) is 0 Å². The maximum absolute atomic E-state index is 9.14. The van der Waals surface area contributed by atoms with Gasteiger partial charge in [0.05, 0.1) is 0 Å². The van der Waals surface area contributed by atoms with Crippen molar-refractivity contribution in [3.8, 4) is 12.1 Å². The molecule has 1 saturated heterocycles. The molecule has 0 radical (unpaired) electrons. The predicted octanol–water partition coefficient (Wildman–Crippen LogP) is -1.30. The molecule has 0 N–H and O–H groups in total. The third kappa shape index (κ3) is 1.42. The van der Waals surface area contributed by atoms with E-state index in [9.17, 15) is 0 Å². The topological polar surface area (TPSA) is 73.4 Å². The van der Waals surface area contributed by atoms with Crippen molar-refractivity contribution in [1.82, 2.24) is 9.97 Å². The van der Waals surface area contributed by atoms with Crippen LogP contribution in [0.3, 0.4) is 0 Å². The molecule has 1 fully saturated rings. The summed E-state index contributed by atoms with van der Waals surface area (Å²) in [7, 11) is 0. The molecule has 2 aliphatic rings. The number of rotatable bonds is 0. The second-order valence-electron chi connectivity index (χ2n) is 5.96. The zero-order valence-corrected chi connectivity index (χ0v) is 13.3. The molecule has 0 spiro atoms. The van der Waals surface area contributed by atoms with Crippen LogP contribution >= 0.6 is 0 Å². The van der Waals surface area contributed by atoms with E-state index in [1.807, 2.05) is 12.1 Å². The van der Waals surface area contributed by atoms with Crippen LogP contribution in [0.1, 0.15) is 49.5 Å². The summed E-state index contributed by atoms with van der Waals surface area (Å²) < 4.78 is 2.40. The van der Waals surface area contributed by atoms with Gasteiger partial charge in [-0.1, -0.05) is 0 Å². The zero-order chi connectivity index (χ0) is 13.8. The molecule has 19 heavy (non-hydrogen) atoms. The third-order valence-electron chi connectivity index (χ3n) is 4.91. The van der Waals surface area contributed by atoms with Crippen molar-refractivity contribution in [3.05, 3.63) is 22.8 Å². The molecule has 1 aromatic rings. The number of nitriles is 2. The molecular weight excluding hydrogens is 351 g/mol. The van der Waals surface area contributed by atoms with Crippen molar-refractivity contribution in [2.24, 2.45) is 5.41 Å². The van der Waals surface area contributed by atoms with Crippen molar-refractivity contribution in [1.29, 1.82) is 10.5 Å². The molecule has 0 aromatic carbocycles. The first-order chi connectivity index (χ1) is 8.95. The van der Waals surface area contributed by atoms with Crippen LogP contribution in [0.5, 0.6) is 0 Å². The molecule has 0 saturated carbocycles. The summed E-state index contributed by atoms with van der Waals surface area (Å²) in [5.74, 6) is 0.404. The summed E-state index contributed by atoms with van der Waals surface area (Å²) in [4.78, 5) is 9.02. The molecule has 1 aliphatic heterocycles. The van der Waals surface area contributed by atoms with E-state index >= 15 is 0 Å². The Balaban J connectivity index is 2.33. The number of nitrogens with zero attached hydrogens (tertiary/aromatic N) is 4. The SMILES string of the molecule is CC12C[I-]CC(c3nc(C#N)c(C#N)nc31)C2(C)C. The summed E-state index contributed by atoms with van der Waals surface area (Å²) in [6, 6.07) is 4.02. The quantitative estimate of drug-likeness (QED) is 0.424. The second kappa shape index (κ2) is 3.89. The number of hydrogen-bond acceptors (Lipinski definition) is 4. The molecule has 5 heteroatoms. The fourth-order valence-corrected chi connectivity index (χ4v) is 8.01. The molecule has 2 atom stereocenters. The molecule has 0 amide bonds. The average Bonchev–Trinajstić information content (AvgIpc) is 2.52. The Bertz CT molecular complexity index is 653. The van der Waals surface area contributed by atoms with Crippen LogP contribution in [0.2, 0.25) is 0 Å². The van der Waals surface area contributed by atoms with Gasteiger partial charge in [0.1, 0.15) is 0 Å². The fourth-order valence-electron chi connectivity index (χ4n) is 3.14. The van der Waals surface area contributed by atoms with Crippen LogP contribution in [-0.4, -0.2) is 18.8 Å². The van der Waals surface area contributed by atoms with Gasteiger partial charge in [0, 0.05) is 0 Å². The summed E-state index contributed by atoms with van der Waals surface area (Å²) in [6.07, 6.45) is 0. The molecule has 2 unspecified atom stereocenters. The molecular formula is C14H14IN4-. The standard InChI is InChI=1S/C14H14IN4/c1-13(2)8-4-15-7-14(13,3)12-11(8)18-9(5-16)10(6-17)19-12/h8H,4,7H2,1-3H3/q-1.